The monoisotopic (exact) mass is 568 g/mol. The molecule has 3 N–H and O–H groups in total. The number of nitrogens with one attached hydrogen (secondary N) is 3. The van der Waals surface area contributed by atoms with Crippen LogP contribution in [0, 0.1) is 0 Å². The maximum absolute atomic E-state index is 12.3. The van der Waals surface area contributed by atoms with Crippen LogP contribution >= 0.6 is 11.6 Å². The quantitative estimate of drug-likeness (QED) is 0.331. The van der Waals surface area contributed by atoms with Crippen molar-refractivity contribution in [3.8, 4) is 5.75 Å². The molecule has 0 aliphatic carbocycles. The standard InChI is InChI=1S/C24H25ClN6O5S.Na.H/c1-3-11-31-19-12-16(7-10-20(19)36-14-22(31)33)27-23-18(25)13-26-24(29-23)28-15-5-8-17(9-6-15)37(34,35)30-21(32)4-2;;/h5-10,12-13H,3-4,11,14H2,1-2H3,(H,30,32)(H2,26,27,28,29);;. The third kappa shape index (κ3) is 6.94. The Hall–Kier alpha value is -2.90. The second-order valence-corrected chi connectivity index (χ2v) is 10.2. The van der Waals surface area contributed by atoms with Gasteiger partial charge < -0.3 is 20.3 Å². The SMILES string of the molecule is CCCN1C(=O)COc2ccc(Nc3nc(Nc4ccc(S(=O)(=O)NC(=O)CC)cc4)ncc3Cl)cc21.[NaH]. The van der Waals surface area contributed by atoms with Crippen molar-refractivity contribution in [2.75, 3.05) is 28.7 Å². The molecule has 2 aromatic carbocycles. The molecule has 38 heavy (non-hydrogen) atoms. The number of ether oxygens (including phenoxy) is 1. The average Bonchev–Trinajstić information content (AvgIpc) is 2.88. The molecule has 0 fully saturated rings. The molecule has 0 radical (unpaired) electrons. The van der Waals surface area contributed by atoms with Crippen molar-refractivity contribution in [3.63, 3.8) is 0 Å². The number of nitrogens with zero attached hydrogens (tertiary/aromatic N) is 3. The van der Waals surface area contributed by atoms with E-state index in [0.717, 1.165) is 6.42 Å². The van der Waals surface area contributed by atoms with Crippen molar-refractivity contribution in [1.29, 1.82) is 0 Å². The molecule has 1 aromatic heterocycles. The van der Waals surface area contributed by atoms with Crippen molar-refractivity contribution in [1.82, 2.24) is 14.7 Å². The summed E-state index contributed by atoms with van der Waals surface area (Å²) in [5, 5.41) is 6.41. The predicted molar refractivity (Wildman–Crippen MR) is 147 cm³/mol. The molecule has 0 saturated heterocycles. The van der Waals surface area contributed by atoms with Crippen molar-refractivity contribution in [2.45, 2.75) is 31.6 Å². The topological polar surface area (TPSA) is 143 Å². The van der Waals surface area contributed by atoms with E-state index in [1.54, 1.807) is 30.0 Å². The molecule has 196 valence electrons. The summed E-state index contributed by atoms with van der Waals surface area (Å²) in [5.41, 5.74) is 1.83. The molecule has 0 spiro atoms. The zero-order valence-corrected chi connectivity index (χ0v) is 21.7. The van der Waals surface area contributed by atoms with Crippen LogP contribution in [0.4, 0.5) is 28.8 Å². The minimum atomic E-state index is -3.95. The van der Waals surface area contributed by atoms with Gasteiger partial charge in [0.15, 0.2) is 12.4 Å². The van der Waals surface area contributed by atoms with Crippen LogP contribution in [0.1, 0.15) is 26.7 Å². The van der Waals surface area contributed by atoms with E-state index >= 15 is 0 Å². The first kappa shape index (κ1) is 29.7. The Balaban J connectivity index is 0.00000400. The van der Waals surface area contributed by atoms with Gasteiger partial charge >= 0.3 is 29.6 Å². The van der Waals surface area contributed by atoms with Gasteiger partial charge in [-0.25, -0.2) is 18.1 Å². The second-order valence-electron chi connectivity index (χ2n) is 8.06. The molecule has 3 aromatic rings. The Morgan fingerprint density at radius 3 is 2.50 bits per heavy atom. The van der Waals surface area contributed by atoms with Crippen LogP contribution in [-0.4, -0.2) is 72.9 Å². The van der Waals surface area contributed by atoms with E-state index in [9.17, 15) is 18.0 Å². The minimum absolute atomic E-state index is 0. The Kier molecular flexibility index (Phi) is 9.96. The van der Waals surface area contributed by atoms with Gasteiger partial charge in [0.2, 0.25) is 11.9 Å². The van der Waals surface area contributed by atoms with E-state index in [1.165, 1.54) is 30.5 Å². The Bertz CT molecular complexity index is 1440. The van der Waals surface area contributed by atoms with Gasteiger partial charge in [0.05, 0.1) is 16.8 Å². The zero-order chi connectivity index (χ0) is 26.6. The zero-order valence-electron chi connectivity index (χ0n) is 20.1. The molecule has 2 heterocycles. The fourth-order valence-corrected chi connectivity index (χ4v) is 4.72. The molecular formula is C24H26ClN6NaO5S. The third-order valence-corrected chi connectivity index (χ3v) is 7.01. The van der Waals surface area contributed by atoms with Gasteiger partial charge in [-0.3, -0.25) is 9.59 Å². The molecule has 0 bridgehead atoms. The summed E-state index contributed by atoms with van der Waals surface area (Å²) in [5.74, 6) is 0.462. The number of hydrogen-bond donors (Lipinski definition) is 3. The maximum atomic E-state index is 12.3. The molecule has 11 nitrogen and oxygen atoms in total. The predicted octanol–water partition coefficient (Wildman–Crippen LogP) is 3.32. The molecule has 14 heteroatoms. The second kappa shape index (κ2) is 12.8. The van der Waals surface area contributed by atoms with Gasteiger partial charge in [0.1, 0.15) is 10.8 Å². The molecule has 0 unspecified atom stereocenters. The van der Waals surface area contributed by atoms with Gasteiger partial charge in [-0.1, -0.05) is 25.4 Å². The van der Waals surface area contributed by atoms with Gasteiger partial charge in [0.25, 0.3) is 15.9 Å². The van der Waals surface area contributed by atoms with E-state index < -0.39 is 15.9 Å². The summed E-state index contributed by atoms with van der Waals surface area (Å²) < 4.78 is 32.1. The van der Waals surface area contributed by atoms with E-state index in [4.69, 9.17) is 16.3 Å². The Labute approximate surface area is 247 Å². The summed E-state index contributed by atoms with van der Waals surface area (Å²) >= 11 is 6.31. The fourth-order valence-electron chi connectivity index (χ4n) is 3.53. The first-order valence-corrected chi connectivity index (χ1v) is 13.4. The van der Waals surface area contributed by atoms with Crippen LogP contribution in [0.2, 0.25) is 5.02 Å². The number of rotatable bonds is 9. The van der Waals surface area contributed by atoms with Crippen LogP contribution in [-0.2, 0) is 19.6 Å². The molecule has 0 atom stereocenters. The molecule has 0 saturated carbocycles. The van der Waals surface area contributed by atoms with Gasteiger partial charge in [-0.15, -0.1) is 0 Å². The van der Waals surface area contributed by atoms with E-state index in [1.807, 2.05) is 11.6 Å². The van der Waals surface area contributed by atoms with Crippen LogP contribution < -0.4 is 25.0 Å². The molecule has 1 aliphatic heterocycles. The first-order chi connectivity index (χ1) is 17.7. The van der Waals surface area contributed by atoms with Crippen molar-refractivity contribution >= 4 is 91.8 Å². The van der Waals surface area contributed by atoms with E-state index in [-0.39, 0.29) is 64.4 Å². The summed E-state index contributed by atoms with van der Waals surface area (Å²) in [6.07, 6.45) is 2.28. The average molecular weight is 569 g/mol. The van der Waals surface area contributed by atoms with Gasteiger partial charge in [-0.05, 0) is 48.9 Å². The van der Waals surface area contributed by atoms with Gasteiger partial charge in [-0.2, -0.15) is 4.98 Å². The van der Waals surface area contributed by atoms with E-state index in [0.29, 0.717) is 35.2 Å². The van der Waals surface area contributed by atoms with Gasteiger partial charge in [0, 0.05) is 24.3 Å². The summed E-state index contributed by atoms with van der Waals surface area (Å²) in [6, 6.07) is 11.1. The number of halogens is 1. The number of amides is 2. The number of aromatic nitrogens is 2. The number of sulfonamides is 1. The third-order valence-electron chi connectivity index (χ3n) is 5.35. The number of carbonyl (C=O) groups excluding carboxylic acids is 2. The normalized spacial score (nSPS) is 12.6. The Morgan fingerprint density at radius 2 is 1.82 bits per heavy atom. The van der Waals surface area contributed by atoms with Crippen LogP contribution in [0.5, 0.6) is 5.75 Å². The number of hydrogen-bond acceptors (Lipinski definition) is 9. The number of carbonyl (C=O) groups is 2. The number of fused-ring (bicyclic) bond motifs is 1. The van der Waals surface area contributed by atoms with Crippen LogP contribution in [0.25, 0.3) is 0 Å². The summed E-state index contributed by atoms with van der Waals surface area (Å²) in [7, 11) is -3.95. The number of anilines is 5. The molecular weight excluding hydrogens is 543 g/mol. The number of benzene rings is 2. The fraction of sp³-hybridized carbons (Fsp3) is 0.250. The van der Waals surface area contributed by atoms with E-state index in [2.05, 4.69) is 20.6 Å². The molecule has 4 rings (SSSR count). The van der Waals surface area contributed by atoms with Crippen molar-refractivity contribution < 1.29 is 22.7 Å². The summed E-state index contributed by atoms with van der Waals surface area (Å²) in [4.78, 5) is 34.0. The van der Waals surface area contributed by atoms with Crippen molar-refractivity contribution in [3.05, 3.63) is 53.7 Å². The Morgan fingerprint density at radius 1 is 1.11 bits per heavy atom. The van der Waals surface area contributed by atoms with Crippen molar-refractivity contribution in [2.24, 2.45) is 0 Å². The van der Waals surface area contributed by atoms with Crippen LogP contribution in [0.3, 0.4) is 0 Å². The summed E-state index contributed by atoms with van der Waals surface area (Å²) in [6.45, 7) is 4.14. The first-order valence-electron chi connectivity index (χ1n) is 11.5. The van der Waals surface area contributed by atoms with Crippen LogP contribution in [0.15, 0.2) is 53.6 Å². The molecule has 1 aliphatic rings. The molecule has 2 amide bonds.